The highest BCUT2D eigenvalue weighted by Gasteiger charge is 2.43. The zero-order chi connectivity index (χ0) is 39.0. The van der Waals surface area contributed by atoms with Crippen molar-refractivity contribution in [3.8, 4) is 44.5 Å². The smallest absolute Gasteiger partial charge is 0.0543 e. The van der Waals surface area contributed by atoms with Crippen LogP contribution in [0.25, 0.3) is 55.3 Å². The number of nitrogens with zero attached hydrogens (tertiary/aromatic N) is 1. The minimum atomic E-state index is -0.323. The molecular weight excluding hydrogens is 699 g/mol. The Bertz CT molecular complexity index is 3040. The maximum atomic E-state index is 2.56. The molecule has 1 atom stereocenters. The topological polar surface area (TPSA) is 3.24 Å². The van der Waals surface area contributed by atoms with E-state index in [4.69, 9.17) is 0 Å². The summed E-state index contributed by atoms with van der Waals surface area (Å²) in [6.07, 6.45) is 0. The molecule has 58 heavy (non-hydrogen) atoms. The fourth-order valence-corrected chi connectivity index (χ4v) is 10.4. The summed E-state index contributed by atoms with van der Waals surface area (Å²) < 4.78 is 0. The van der Waals surface area contributed by atoms with Gasteiger partial charge < -0.3 is 4.90 Å². The van der Waals surface area contributed by atoms with Crippen LogP contribution in [0.3, 0.4) is 0 Å². The quantitative estimate of drug-likeness (QED) is 0.164. The first-order valence-corrected chi connectivity index (χ1v) is 20.4. The maximum Gasteiger partial charge on any atom is 0.0543 e. The van der Waals surface area contributed by atoms with Crippen LogP contribution in [0, 0.1) is 0 Å². The van der Waals surface area contributed by atoms with Crippen molar-refractivity contribution in [1.29, 1.82) is 0 Å². The normalized spacial score (nSPS) is 15.7. The van der Waals surface area contributed by atoms with Crippen LogP contribution in [0.1, 0.15) is 48.6 Å². The standard InChI is InChI=1S/C57H43N/c1-56(2)48-30-13-10-25-43(48)44-36-35-41(37-51(44)56)58(53-34-18-32-50-55(53)47-27-11-14-31-49(47)57(50,3)40-23-8-5-9-24-40)52-33-15-12-26-45(52)46-29-17-22-39-21-16-28-42(54(39)46)38-19-6-4-7-20-38/h4-37H,1-3H3. The van der Waals surface area contributed by atoms with Gasteiger partial charge >= 0.3 is 0 Å². The molecule has 0 N–H and O–H groups in total. The Labute approximate surface area is 341 Å². The van der Waals surface area contributed by atoms with Crippen LogP contribution >= 0.6 is 0 Å². The molecule has 0 bridgehead atoms. The monoisotopic (exact) mass is 741 g/mol. The Balaban J connectivity index is 1.21. The van der Waals surface area contributed by atoms with Crippen LogP contribution in [0.4, 0.5) is 17.1 Å². The third kappa shape index (κ3) is 4.96. The van der Waals surface area contributed by atoms with E-state index in [1.807, 2.05) is 0 Å². The van der Waals surface area contributed by atoms with Gasteiger partial charge in [0.25, 0.3) is 0 Å². The van der Waals surface area contributed by atoms with E-state index in [1.54, 1.807) is 0 Å². The Hall–Kier alpha value is -6.96. The van der Waals surface area contributed by atoms with E-state index >= 15 is 0 Å². The second kappa shape index (κ2) is 13.0. The maximum absolute atomic E-state index is 2.56. The molecule has 9 aromatic carbocycles. The van der Waals surface area contributed by atoms with Crippen LogP contribution in [-0.4, -0.2) is 0 Å². The van der Waals surface area contributed by atoms with Crippen molar-refractivity contribution in [2.45, 2.75) is 31.6 Å². The van der Waals surface area contributed by atoms with Gasteiger partial charge in [-0.2, -0.15) is 0 Å². The fourth-order valence-electron chi connectivity index (χ4n) is 10.4. The number of para-hydroxylation sites is 1. The van der Waals surface area contributed by atoms with Crippen molar-refractivity contribution in [1.82, 2.24) is 0 Å². The molecule has 0 fully saturated rings. The molecule has 11 rings (SSSR count). The van der Waals surface area contributed by atoms with Gasteiger partial charge in [-0.15, -0.1) is 0 Å². The Morgan fingerprint density at radius 1 is 0.362 bits per heavy atom. The molecule has 0 heterocycles. The first-order chi connectivity index (χ1) is 28.4. The summed E-state index contributed by atoms with van der Waals surface area (Å²) >= 11 is 0. The Kier molecular flexibility index (Phi) is 7.72. The molecule has 0 saturated heterocycles. The van der Waals surface area contributed by atoms with Gasteiger partial charge in [-0.25, -0.2) is 0 Å². The molecule has 1 heteroatoms. The molecule has 0 saturated carbocycles. The molecule has 0 amide bonds. The van der Waals surface area contributed by atoms with Gasteiger partial charge in [0.15, 0.2) is 0 Å². The van der Waals surface area contributed by atoms with E-state index < -0.39 is 0 Å². The predicted molar refractivity (Wildman–Crippen MR) is 245 cm³/mol. The van der Waals surface area contributed by atoms with Gasteiger partial charge in [-0.3, -0.25) is 0 Å². The number of hydrogen-bond acceptors (Lipinski definition) is 1. The van der Waals surface area contributed by atoms with Crippen molar-refractivity contribution in [3.05, 3.63) is 234 Å². The van der Waals surface area contributed by atoms with Gasteiger partial charge in [0, 0.05) is 27.6 Å². The molecule has 1 unspecified atom stereocenters. The third-order valence-electron chi connectivity index (χ3n) is 13.2. The van der Waals surface area contributed by atoms with E-state index in [0.717, 1.165) is 11.4 Å². The molecule has 1 nitrogen and oxygen atoms in total. The lowest BCUT2D eigenvalue weighted by atomic mass is 9.74. The highest BCUT2D eigenvalue weighted by atomic mass is 15.1. The van der Waals surface area contributed by atoms with Gasteiger partial charge in [0.1, 0.15) is 0 Å². The molecule has 0 spiro atoms. The van der Waals surface area contributed by atoms with Crippen LogP contribution in [-0.2, 0) is 10.8 Å². The van der Waals surface area contributed by atoms with E-state index in [0.29, 0.717) is 0 Å². The molecule has 0 aromatic heterocycles. The summed E-state index contributed by atoms with van der Waals surface area (Å²) in [5.41, 5.74) is 19.8. The molecule has 276 valence electrons. The second-order valence-electron chi connectivity index (χ2n) is 16.6. The summed E-state index contributed by atoms with van der Waals surface area (Å²) in [6.45, 7) is 7.16. The first kappa shape index (κ1) is 34.3. The number of hydrogen-bond donors (Lipinski definition) is 0. The second-order valence-corrected chi connectivity index (χ2v) is 16.6. The van der Waals surface area contributed by atoms with E-state index in [2.05, 4.69) is 232 Å². The van der Waals surface area contributed by atoms with Gasteiger partial charge in [-0.1, -0.05) is 196 Å². The highest BCUT2D eigenvalue weighted by Crippen LogP contribution is 2.58. The van der Waals surface area contributed by atoms with Crippen molar-refractivity contribution < 1.29 is 0 Å². The summed E-state index contributed by atoms with van der Waals surface area (Å²) in [5.74, 6) is 0. The van der Waals surface area contributed by atoms with Crippen molar-refractivity contribution >= 4 is 27.8 Å². The van der Waals surface area contributed by atoms with Gasteiger partial charge in [0.05, 0.1) is 11.4 Å². The first-order valence-electron chi connectivity index (χ1n) is 20.4. The lowest BCUT2D eigenvalue weighted by Crippen LogP contribution is -2.22. The molecule has 0 aliphatic heterocycles. The number of fused-ring (bicyclic) bond motifs is 7. The van der Waals surface area contributed by atoms with Gasteiger partial charge in [0.2, 0.25) is 0 Å². The Morgan fingerprint density at radius 2 is 0.914 bits per heavy atom. The molecule has 2 aliphatic carbocycles. The average molecular weight is 742 g/mol. The number of rotatable bonds is 6. The average Bonchev–Trinajstić information content (AvgIpc) is 3.68. The minimum absolute atomic E-state index is 0.148. The summed E-state index contributed by atoms with van der Waals surface area (Å²) in [5, 5.41) is 2.49. The minimum Gasteiger partial charge on any atom is -0.309 e. The van der Waals surface area contributed by atoms with Gasteiger partial charge in [-0.05, 0) is 103 Å². The summed E-state index contributed by atoms with van der Waals surface area (Å²) in [6, 6.07) is 76.5. The van der Waals surface area contributed by atoms with Crippen LogP contribution in [0.15, 0.2) is 206 Å². The fraction of sp³-hybridized carbons (Fsp3) is 0.0877. The van der Waals surface area contributed by atoms with Crippen molar-refractivity contribution in [3.63, 3.8) is 0 Å². The molecule has 2 aliphatic rings. The molecule has 0 radical (unpaired) electrons. The van der Waals surface area contributed by atoms with Crippen LogP contribution in [0.5, 0.6) is 0 Å². The summed E-state index contributed by atoms with van der Waals surface area (Å²) in [4.78, 5) is 2.56. The third-order valence-corrected chi connectivity index (χ3v) is 13.2. The number of anilines is 3. The molecule has 9 aromatic rings. The largest absolute Gasteiger partial charge is 0.309 e. The van der Waals surface area contributed by atoms with E-state index in [1.165, 1.54) is 88.8 Å². The lowest BCUT2D eigenvalue weighted by molar-refractivity contribution is 0.660. The van der Waals surface area contributed by atoms with Crippen molar-refractivity contribution in [2.75, 3.05) is 4.90 Å². The number of benzene rings is 9. The van der Waals surface area contributed by atoms with Crippen molar-refractivity contribution in [2.24, 2.45) is 0 Å². The van der Waals surface area contributed by atoms with E-state index in [-0.39, 0.29) is 10.8 Å². The Morgan fingerprint density at radius 3 is 1.69 bits per heavy atom. The van der Waals surface area contributed by atoms with E-state index in [9.17, 15) is 0 Å². The molecular formula is C57H43N. The predicted octanol–water partition coefficient (Wildman–Crippen LogP) is 15.3. The highest BCUT2D eigenvalue weighted by molar-refractivity contribution is 6.09. The lowest BCUT2D eigenvalue weighted by Gasteiger charge is -2.32. The van der Waals surface area contributed by atoms with Crippen LogP contribution in [0.2, 0.25) is 0 Å². The zero-order valence-corrected chi connectivity index (χ0v) is 33.1. The zero-order valence-electron chi connectivity index (χ0n) is 33.1. The van der Waals surface area contributed by atoms with Crippen LogP contribution < -0.4 is 4.90 Å². The SMILES string of the molecule is CC1(C)c2ccccc2-c2ccc(N(c3ccccc3-c3cccc4cccc(-c5ccccc5)c34)c3cccc4c3-c3ccccc3C4(C)c3ccccc3)cc21. The summed E-state index contributed by atoms with van der Waals surface area (Å²) in [7, 11) is 0.